The third-order valence-electron chi connectivity index (χ3n) is 2.13. The molecule has 0 aliphatic carbocycles. The van der Waals surface area contributed by atoms with Crippen LogP contribution in [0, 0.1) is 0 Å². The smallest absolute Gasteiger partial charge is 0.414 e. The molecule has 4 N–H and O–H groups in total. The number of nitrogens with one attached hydrogen (secondary N) is 1. The molecule has 9 heteroatoms. The molecule has 0 saturated heterocycles. The number of benzene rings is 1. The number of aliphatic hydroxyl groups is 1. The number of halogens is 2. The predicted molar refractivity (Wildman–Crippen MR) is 81.8 cm³/mol. The van der Waals surface area contributed by atoms with E-state index in [1.165, 1.54) is 0 Å². The van der Waals surface area contributed by atoms with Crippen LogP contribution < -0.4 is 10.1 Å². The summed E-state index contributed by atoms with van der Waals surface area (Å²) in [6.45, 7) is 2.21. The minimum Gasteiger partial charge on any atom is -0.493 e. The summed E-state index contributed by atoms with van der Waals surface area (Å²) in [6, 6.07) is 5.20. The van der Waals surface area contributed by atoms with Crippen molar-refractivity contribution in [3.05, 3.63) is 28.2 Å². The number of hydrogen-bond acceptors (Lipinski definition) is 5. The van der Waals surface area contributed by atoms with Crippen molar-refractivity contribution in [2.45, 2.75) is 6.42 Å². The molecule has 0 radical (unpaired) electrons. The second-order valence-corrected chi connectivity index (χ2v) is 4.68. The van der Waals surface area contributed by atoms with Gasteiger partial charge < -0.3 is 25.4 Å². The van der Waals surface area contributed by atoms with Crippen LogP contribution in [-0.4, -0.2) is 53.6 Å². The highest BCUT2D eigenvalue weighted by Crippen LogP contribution is 2.26. The Labute approximate surface area is 137 Å². The number of aliphatic hydroxyl groups excluding tert-OH is 1. The summed E-state index contributed by atoms with van der Waals surface area (Å²) in [5.41, 5.74) is 0. The van der Waals surface area contributed by atoms with E-state index in [-0.39, 0.29) is 6.61 Å². The second-order valence-electron chi connectivity index (χ2n) is 3.86. The molecule has 1 aromatic rings. The normalized spacial score (nSPS) is 9.59. The number of carboxylic acid groups (broad SMARTS) is 2. The van der Waals surface area contributed by atoms with E-state index in [0.717, 1.165) is 18.7 Å². The molecule has 0 fully saturated rings. The zero-order valence-corrected chi connectivity index (χ0v) is 13.1. The molecular weight excluding hydrogens is 337 g/mol. The minimum absolute atomic E-state index is 0.160. The minimum atomic E-state index is -1.82. The van der Waals surface area contributed by atoms with Gasteiger partial charge in [-0.15, -0.1) is 0 Å². The van der Waals surface area contributed by atoms with Crippen LogP contribution in [0.3, 0.4) is 0 Å². The Morgan fingerprint density at radius 2 is 1.73 bits per heavy atom. The number of carboxylic acids is 2. The van der Waals surface area contributed by atoms with Gasteiger partial charge in [-0.2, -0.15) is 0 Å². The third-order valence-corrected chi connectivity index (χ3v) is 2.87. The molecule has 1 aromatic carbocycles. The molecule has 0 unspecified atom stereocenters. The van der Waals surface area contributed by atoms with Crippen molar-refractivity contribution in [2.24, 2.45) is 0 Å². The molecule has 0 heterocycles. The topological polar surface area (TPSA) is 116 Å². The second kappa shape index (κ2) is 12.0. The van der Waals surface area contributed by atoms with Crippen LogP contribution in [0.15, 0.2) is 18.2 Å². The van der Waals surface area contributed by atoms with Crippen molar-refractivity contribution in [3.8, 4) is 5.75 Å². The van der Waals surface area contributed by atoms with Crippen LogP contribution in [-0.2, 0) is 9.59 Å². The van der Waals surface area contributed by atoms with E-state index in [1.807, 2.05) is 0 Å². The van der Waals surface area contributed by atoms with Gasteiger partial charge >= 0.3 is 11.9 Å². The van der Waals surface area contributed by atoms with Crippen molar-refractivity contribution in [1.82, 2.24) is 5.32 Å². The molecule has 0 amide bonds. The number of aliphatic carboxylic acids is 2. The van der Waals surface area contributed by atoms with E-state index >= 15 is 0 Å². The Morgan fingerprint density at radius 3 is 2.23 bits per heavy atom. The highest BCUT2D eigenvalue weighted by molar-refractivity contribution is 6.42. The fraction of sp³-hybridized carbons (Fsp3) is 0.385. The van der Waals surface area contributed by atoms with Crippen molar-refractivity contribution >= 4 is 35.1 Å². The van der Waals surface area contributed by atoms with Gasteiger partial charge in [0.2, 0.25) is 0 Å². The Kier molecular flexibility index (Phi) is 11.2. The molecule has 0 bridgehead atoms. The Hall–Kier alpha value is -1.54. The van der Waals surface area contributed by atoms with Crippen LogP contribution >= 0.6 is 23.2 Å². The summed E-state index contributed by atoms with van der Waals surface area (Å²) in [5, 5.41) is 27.4. The first-order valence-electron chi connectivity index (χ1n) is 6.24. The number of rotatable bonds is 7. The average Bonchev–Trinajstić information content (AvgIpc) is 2.47. The predicted octanol–water partition coefficient (Wildman–Crippen LogP) is 1.50. The molecule has 0 aliphatic heterocycles. The van der Waals surface area contributed by atoms with Gasteiger partial charge in [0.15, 0.2) is 0 Å². The Morgan fingerprint density at radius 1 is 1.09 bits per heavy atom. The van der Waals surface area contributed by atoms with Crippen molar-refractivity contribution in [1.29, 1.82) is 0 Å². The molecule has 22 heavy (non-hydrogen) atoms. The highest BCUT2D eigenvalue weighted by atomic mass is 35.5. The Bertz CT molecular complexity index is 472. The van der Waals surface area contributed by atoms with E-state index in [4.69, 9.17) is 52.8 Å². The van der Waals surface area contributed by atoms with Gasteiger partial charge in [-0.05, 0) is 25.1 Å². The van der Waals surface area contributed by atoms with E-state index in [1.54, 1.807) is 18.2 Å². The summed E-state index contributed by atoms with van der Waals surface area (Å²) >= 11 is 11.6. The zero-order valence-electron chi connectivity index (χ0n) is 11.6. The molecule has 0 aromatic heterocycles. The number of hydrogen-bond donors (Lipinski definition) is 4. The molecular formula is C13H17Cl2NO6. The first kappa shape index (κ1) is 20.5. The van der Waals surface area contributed by atoms with Gasteiger partial charge in [0, 0.05) is 12.6 Å². The third kappa shape index (κ3) is 10.2. The molecule has 7 nitrogen and oxygen atoms in total. The first-order chi connectivity index (χ1) is 10.4. The van der Waals surface area contributed by atoms with Crippen molar-refractivity contribution < 1.29 is 29.6 Å². The van der Waals surface area contributed by atoms with E-state index in [2.05, 4.69) is 5.32 Å². The maximum Gasteiger partial charge on any atom is 0.414 e. The van der Waals surface area contributed by atoms with Crippen molar-refractivity contribution in [2.75, 3.05) is 26.3 Å². The monoisotopic (exact) mass is 353 g/mol. The maximum atomic E-state index is 9.10. The van der Waals surface area contributed by atoms with E-state index in [0.29, 0.717) is 23.2 Å². The molecule has 0 atom stereocenters. The molecule has 0 aliphatic rings. The summed E-state index contributed by atoms with van der Waals surface area (Å²) in [4.78, 5) is 18.2. The average molecular weight is 354 g/mol. The summed E-state index contributed by atoms with van der Waals surface area (Å²) in [7, 11) is 0. The van der Waals surface area contributed by atoms with Crippen molar-refractivity contribution in [3.63, 3.8) is 0 Å². The highest BCUT2D eigenvalue weighted by Gasteiger charge is 2.04. The molecule has 0 spiro atoms. The maximum absolute atomic E-state index is 9.10. The van der Waals surface area contributed by atoms with Gasteiger partial charge in [0.25, 0.3) is 0 Å². The summed E-state index contributed by atoms with van der Waals surface area (Å²) in [5.74, 6) is -2.93. The fourth-order valence-electron chi connectivity index (χ4n) is 1.16. The van der Waals surface area contributed by atoms with E-state index < -0.39 is 11.9 Å². The fourth-order valence-corrected chi connectivity index (χ4v) is 1.45. The lowest BCUT2D eigenvalue weighted by Crippen LogP contribution is -2.20. The molecule has 124 valence electrons. The summed E-state index contributed by atoms with van der Waals surface area (Å²) in [6.07, 6.45) is 0.875. The largest absolute Gasteiger partial charge is 0.493 e. The molecule has 0 saturated carbocycles. The SMILES string of the molecule is O=C(O)C(=O)O.OCCNCCCOc1ccc(Cl)c(Cl)c1. The van der Waals surface area contributed by atoms with E-state index in [9.17, 15) is 0 Å². The van der Waals surface area contributed by atoms with Gasteiger partial charge in [-0.3, -0.25) is 0 Å². The molecule has 1 rings (SSSR count). The van der Waals surface area contributed by atoms with Gasteiger partial charge in [0.1, 0.15) is 5.75 Å². The van der Waals surface area contributed by atoms with Crippen LogP contribution in [0.2, 0.25) is 10.0 Å². The lowest BCUT2D eigenvalue weighted by Gasteiger charge is -2.07. The number of ether oxygens (including phenoxy) is 1. The Balaban J connectivity index is 0.000000626. The first-order valence-corrected chi connectivity index (χ1v) is 6.99. The standard InChI is InChI=1S/C11H15Cl2NO2.C2H2O4/c12-10-3-2-9(8-11(10)13)16-7-1-4-14-5-6-15;3-1(4)2(5)6/h2-3,8,14-15H,1,4-7H2;(H,3,4)(H,5,6). The quantitative estimate of drug-likeness (QED) is 0.433. The summed E-state index contributed by atoms with van der Waals surface area (Å²) < 4.78 is 5.48. The van der Waals surface area contributed by atoms with Gasteiger partial charge in [-0.25, -0.2) is 9.59 Å². The van der Waals surface area contributed by atoms with Gasteiger partial charge in [0.05, 0.1) is 23.3 Å². The van der Waals surface area contributed by atoms with Crippen LogP contribution in [0.5, 0.6) is 5.75 Å². The lowest BCUT2D eigenvalue weighted by molar-refractivity contribution is -0.159. The number of carbonyl (C=O) groups is 2. The lowest BCUT2D eigenvalue weighted by atomic mass is 10.3. The van der Waals surface area contributed by atoms with Crippen LogP contribution in [0.1, 0.15) is 6.42 Å². The van der Waals surface area contributed by atoms with Crippen LogP contribution in [0.25, 0.3) is 0 Å². The zero-order chi connectivity index (χ0) is 17.0. The van der Waals surface area contributed by atoms with Gasteiger partial charge in [-0.1, -0.05) is 23.2 Å². The van der Waals surface area contributed by atoms with Crippen LogP contribution in [0.4, 0.5) is 0 Å².